The first-order valence-electron chi connectivity index (χ1n) is 6.98. The molecular formula is C17H16F2N2O2. The minimum atomic E-state index is -1.11. The van der Waals surface area contributed by atoms with Crippen LogP contribution < -0.4 is 10.6 Å². The van der Waals surface area contributed by atoms with E-state index in [0.717, 1.165) is 29.3 Å². The van der Waals surface area contributed by atoms with Gasteiger partial charge in [0.2, 0.25) is 5.91 Å². The van der Waals surface area contributed by atoms with E-state index in [2.05, 4.69) is 10.6 Å². The van der Waals surface area contributed by atoms with E-state index in [0.29, 0.717) is 5.69 Å². The summed E-state index contributed by atoms with van der Waals surface area (Å²) in [5.74, 6) is -3.20. The Kier molecular flexibility index (Phi) is 5.05. The molecule has 0 radical (unpaired) electrons. The molecule has 2 rings (SSSR count). The molecule has 4 nitrogen and oxygen atoms in total. The Morgan fingerprint density at radius 3 is 2.26 bits per heavy atom. The predicted octanol–water partition coefficient (Wildman–Crippen LogP) is 2.95. The zero-order valence-electron chi connectivity index (χ0n) is 12.7. The Bertz CT molecular complexity index is 740. The van der Waals surface area contributed by atoms with Gasteiger partial charge in [0, 0.05) is 11.3 Å². The van der Waals surface area contributed by atoms with Crippen molar-refractivity contribution in [1.29, 1.82) is 0 Å². The maximum atomic E-state index is 13.1. The van der Waals surface area contributed by atoms with Crippen LogP contribution >= 0.6 is 0 Å². The molecule has 0 aliphatic carbocycles. The number of halogens is 2. The fourth-order valence-corrected chi connectivity index (χ4v) is 2.10. The molecule has 120 valence electrons. The lowest BCUT2D eigenvalue weighted by molar-refractivity contribution is -0.115. The summed E-state index contributed by atoms with van der Waals surface area (Å²) in [5, 5.41) is 5.08. The van der Waals surface area contributed by atoms with E-state index in [1.807, 2.05) is 32.0 Å². The van der Waals surface area contributed by atoms with Gasteiger partial charge in [0.1, 0.15) is 0 Å². The van der Waals surface area contributed by atoms with Crippen molar-refractivity contribution in [2.45, 2.75) is 13.8 Å². The third-order valence-corrected chi connectivity index (χ3v) is 3.34. The Balaban J connectivity index is 1.96. The minimum absolute atomic E-state index is 0.0521. The number of benzene rings is 2. The molecule has 0 atom stereocenters. The van der Waals surface area contributed by atoms with Crippen molar-refractivity contribution in [3.63, 3.8) is 0 Å². The molecule has 0 aromatic heterocycles. The summed E-state index contributed by atoms with van der Waals surface area (Å²) >= 11 is 0. The Morgan fingerprint density at radius 1 is 1.00 bits per heavy atom. The maximum Gasteiger partial charge on any atom is 0.251 e. The van der Waals surface area contributed by atoms with Crippen LogP contribution in [0.3, 0.4) is 0 Å². The van der Waals surface area contributed by atoms with Crippen molar-refractivity contribution in [2.24, 2.45) is 0 Å². The van der Waals surface area contributed by atoms with E-state index in [9.17, 15) is 18.4 Å². The highest BCUT2D eigenvalue weighted by Gasteiger charge is 2.12. The smallest absolute Gasteiger partial charge is 0.251 e. The first-order valence-corrected chi connectivity index (χ1v) is 6.98. The number of carbonyl (C=O) groups excluding carboxylic acids is 2. The van der Waals surface area contributed by atoms with Gasteiger partial charge >= 0.3 is 0 Å². The lowest BCUT2D eigenvalue weighted by Gasteiger charge is -2.12. The van der Waals surface area contributed by atoms with Crippen molar-refractivity contribution in [3.8, 4) is 0 Å². The topological polar surface area (TPSA) is 58.2 Å². The Morgan fingerprint density at radius 2 is 1.65 bits per heavy atom. The molecule has 0 unspecified atom stereocenters. The van der Waals surface area contributed by atoms with E-state index in [-0.39, 0.29) is 12.1 Å². The van der Waals surface area contributed by atoms with Crippen molar-refractivity contribution in [1.82, 2.24) is 5.32 Å². The number of para-hydroxylation sites is 1. The molecule has 6 heteroatoms. The summed E-state index contributed by atoms with van der Waals surface area (Å²) in [6.45, 7) is 3.45. The summed E-state index contributed by atoms with van der Waals surface area (Å²) in [6.07, 6.45) is 0. The SMILES string of the molecule is Cc1cccc(C)c1NC(=O)CNC(=O)c1ccc(F)c(F)c1. The average molecular weight is 318 g/mol. The van der Waals surface area contributed by atoms with Crippen molar-refractivity contribution >= 4 is 17.5 Å². The zero-order valence-corrected chi connectivity index (χ0v) is 12.7. The fraction of sp³-hybridized carbons (Fsp3) is 0.176. The maximum absolute atomic E-state index is 13.1. The van der Waals surface area contributed by atoms with Gasteiger partial charge in [0.05, 0.1) is 6.54 Å². The molecule has 2 aromatic carbocycles. The van der Waals surface area contributed by atoms with Gasteiger partial charge < -0.3 is 10.6 Å². The summed E-state index contributed by atoms with van der Waals surface area (Å²) < 4.78 is 25.9. The van der Waals surface area contributed by atoms with E-state index in [1.54, 1.807) is 0 Å². The molecule has 0 saturated heterocycles. The molecule has 0 aliphatic rings. The number of aryl methyl sites for hydroxylation is 2. The second-order valence-electron chi connectivity index (χ2n) is 5.13. The molecule has 2 N–H and O–H groups in total. The number of nitrogens with one attached hydrogen (secondary N) is 2. The van der Waals surface area contributed by atoms with Gasteiger partial charge in [-0.3, -0.25) is 9.59 Å². The number of anilines is 1. The Labute approximate surface area is 132 Å². The summed E-state index contributed by atoms with van der Waals surface area (Å²) in [4.78, 5) is 23.7. The number of hydrogen-bond donors (Lipinski definition) is 2. The van der Waals surface area contributed by atoms with Crippen LogP contribution in [0.15, 0.2) is 36.4 Å². The van der Waals surface area contributed by atoms with Gasteiger partial charge in [-0.2, -0.15) is 0 Å². The number of amides is 2. The van der Waals surface area contributed by atoms with Gasteiger partial charge in [-0.1, -0.05) is 18.2 Å². The Hall–Kier alpha value is -2.76. The third-order valence-electron chi connectivity index (χ3n) is 3.34. The highest BCUT2D eigenvalue weighted by Crippen LogP contribution is 2.19. The largest absolute Gasteiger partial charge is 0.343 e. The van der Waals surface area contributed by atoms with Gasteiger partial charge in [0.15, 0.2) is 11.6 Å². The van der Waals surface area contributed by atoms with E-state index in [4.69, 9.17) is 0 Å². The predicted molar refractivity (Wildman–Crippen MR) is 83.2 cm³/mol. The van der Waals surface area contributed by atoms with Crippen LogP contribution in [0.2, 0.25) is 0 Å². The normalized spacial score (nSPS) is 10.3. The first-order chi connectivity index (χ1) is 10.9. The van der Waals surface area contributed by atoms with Gasteiger partial charge in [-0.05, 0) is 43.2 Å². The molecule has 0 spiro atoms. The van der Waals surface area contributed by atoms with Gasteiger partial charge in [-0.15, -0.1) is 0 Å². The minimum Gasteiger partial charge on any atom is -0.343 e. The zero-order chi connectivity index (χ0) is 17.0. The van der Waals surface area contributed by atoms with Crippen molar-refractivity contribution < 1.29 is 18.4 Å². The van der Waals surface area contributed by atoms with Crippen LogP contribution in [0, 0.1) is 25.5 Å². The quantitative estimate of drug-likeness (QED) is 0.910. The number of rotatable bonds is 4. The molecule has 23 heavy (non-hydrogen) atoms. The first kappa shape index (κ1) is 16.6. The highest BCUT2D eigenvalue weighted by atomic mass is 19.2. The van der Waals surface area contributed by atoms with Crippen LogP contribution in [-0.4, -0.2) is 18.4 Å². The summed E-state index contributed by atoms with van der Waals surface area (Å²) in [5.41, 5.74) is 2.46. The fourth-order valence-electron chi connectivity index (χ4n) is 2.10. The van der Waals surface area contributed by atoms with Crippen LogP contribution in [0.25, 0.3) is 0 Å². The lowest BCUT2D eigenvalue weighted by Crippen LogP contribution is -2.33. The van der Waals surface area contributed by atoms with Crippen LogP contribution in [0.1, 0.15) is 21.5 Å². The summed E-state index contributed by atoms with van der Waals surface area (Å²) in [6, 6.07) is 8.41. The molecule has 0 heterocycles. The van der Waals surface area contributed by atoms with Crippen molar-refractivity contribution in [2.75, 3.05) is 11.9 Å². The molecule has 0 bridgehead atoms. The average Bonchev–Trinajstić information content (AvgIpc) is 2.51. The summed E-state index contributed by atoms with van der Waals surface area (Å²) in [7, 11) is 0. The van der Waals surface area contributed by atoms with E-state index < -0.39 is 23.4 Å². The molecule has 0 fully saturated rings. The van der Waals surface area contributed by atoms with Gasteiger partial charge in [-0.25, -0.2) is 8.78 Å². The third kappa shape index (κ3) is 4.12. The molecule has 2 amide bonds. The molecule has 2 aromatic rings. The van der Waals surface area contributed by atoms with Crippen LogP contribution in [-0.2, 0) is 4.79 Å². The lowest BCUT2D eigenvalue weighted by atomic mass is 10.1. The highest BCUT2D eigenvalue weighted by molar-refractivity contribution is 5.99. The molecule has 0 saturated carbocycles. The van der Waals surface area contributed by atoms with Gasteiger partial charge in [0.25, 0.3) is 5.91 Å². The number of carbonyl (C=O) groups is 2. The van der Waals surface area contributed by atoms with E-state index in [1.165, 1.54) is 0 Å². The second-order valence-corrected chi connectivity index (χ2v) is 5.13. The molecular weight excluding hydrogens is 302 g/mol. The molecule has 0 aliphatic heterocycles. The van der Waals surface area contributed by atoms with Crippen LogP contribution in [0.4, 0.5) is 14.5 Å². The van der Waals surface area contributed by atoms with Crippen LogP contribution in [0.5, 0.6) is 0 Å². The van der Waals surface area contributed by atoms with E-state index >= 15 is 0 Å². The standard InChI is InChI=1S/C17H16F2N2O2/c1-10-4-3-5-11(2)16(10)21-15(22)9-20-17(23)12-6-7-13(18)14(19)8-12/h3-8H,9H2,1-2H3,(H,20,23)(H,21,22). The van der Waals surface area contributed by atoms with Crippen molar-refractivity contribution in [3.05, 3.63) is 64.7 Å². The second kappa shape index (κ2) is 7.00. The monoisotopic (exact) mass is 318 g/mol. The number of hydrogen-bond acceptors (Lipinski definition) is 2.